The highest BCUT2D eigenvalue weighted by Gasteiger charge is 2.24. The van der Waals surface area contributed by atoms with E-state index in [0.29, 0.717) is 24.5 Å². The van der Waals surface area contributed by atoms with E-state index in [1.165, 1.54) is 32.1 Å². The van der Waals surface area contributed by atoms with Gasteiger partial charge in [-0.15, -0.1) is 0 Å². The van der Waals surface area contributed by atoms with E-state index in [9.17, 15) is 0 Å². The van der Waals surface area contributed by atoms with Crippen molar-refractivity contribution >= 4 is 5.96 Å². The number of nitrogens with zero attached hydrogens (tertiary/aromatic N) is 4. The molecule has 1 aliphatic heterocycles. The van der Waals surface area contributed by atoms with Crippen molar-refractivity contribution in [1.29, 1.82) is 0 Å². The summed E-state index contributed by atoms with van der Waals surface area (Å²) in [5.74, 6) is 4.35. The Morgan fingerprint density at radius 2 is 2.03 bits per heavy atom. The highest BCUT2D eigenvalue weighted by atomic mass is 16.3. The molecule has 0 amide bonds. The van der Waals surface area contributed by atoms with Gasteiger partial charge in [-0.3, -0.25) is 4.99 Å². The summed E-state index contributed by atoms with van der Waals surface area (Å²) in [5, 5.41) is 12.1. The van der Waals surface area contributed by atoms with Crippen molar-refractivity contribution in [2.75, 3.05) is 6.54 Å². The van der Waals surface area contributed by atoms with Gasteiger partial charge in [0.2, 0.25) is 0 Å². The monoisotopic (exact) mass is 398 g/mol. The molecule has 0 spiro atoms. The summed E-state index contributed by atoms with van der Waals surface area (Å²) in [6.45, 7) is 5.86. The van der Waals surface area contributed by atoms with Crippen LogP contribution in [-0.4, -0.2) is 39.4 Å². The van der Waals surface area contributed by atoms with Gasteiger partial charge >= 0.3 is 0 Å². The number of furan rings is 1. The first-order valence-electron chi connectivity index (χ1n) is 11.2. The third-order valence-corrected chi connectivity index (χ3v) is 5.89. The fourth-order valence-corrected chi connectivity index (χ4v) is 4.19. The summed E-state index contributed by atoms with van der Waals surface area (Å²) in [6.07, 6.45) is 11.0. The Morgan fingerprint density at radius 1 is 1.21 bits per heavy atom. The largest absolute Gasteiger partial charge is 0.469 e. The molecule has 0 bridgehead atoms. The van der Waals surface area contributed by atoms with Crippen LogP contribution in [0, 0.1) is 0 Å². The van der Waals surface area contributed by atoms with E-state index >= 15 is 0 Å². The van der Waals surface area contributed by atoms with Crippen molar-refractivity contribution in [1.82, 2.24) is 25.4 Å². The van der Waals surface area contributed by atoms with E-state index < -0.39 is 0 Å². The van der Waals surface area contributed by atoms with Crippen molar-refractivity contribution in [3.63, 3.8) is 0 Å². The number of nitrogens with one attached hydrogen (secondary N) is 2. The number of fused-ring (bicyclic) bond motifs is 1. The molecule has 0 aromatic carbocycles. The normalized spacial score (nSPS) is 20.7. The maximum atomic E-state index is 5.45. The van der Waals surface area contributed by atoms with Gasteiger partial charge in [0, 0.05) is 37.4 Å². The minimum absolute atomic E-state index is 0.322. The van der Waals surface area contributed by atoms with Crippen LogP contribution in [0.2, 0.25) is 0 Å². The first-order chi connectivity index (χ1) is 14.2. The zero-order valence-corrected chi connectivity index (χ0v) is 17.7. The Kier molecular flexibility index (Phi) is 6.52. The molecule has 1 atom stereocenters. The molecule has 1 aliphatic carbocycles. The van der Waals surface area contributed by atoms with Gasteiger partial charge in [0.15, 0.2) is 11.8 Å². The molecular weight excluding hydrogens is 364 g/mol. The lowest BCUT2D eigenvalue weighted by Crippen LogP contribution is -2.50. The second-order valence-electron chi connectivity index (χ2n) is 8.64. The van der Waals surface area contributed by atoms with Crippen LogP contribution in [0.4, 0.5) is 0 Å². The van der Waals surface area contributed by atoms with Gasteiger partial charge in [-0.25, -0.2) is 9.67 Å². The van der Waals surface area contributed by atoms with Crippen LogP contribution >= 0.6 is 0 Å². The molecule has 4 rings (SSSR count). The number of aromatic nitrogens is 3. The highest BCUT2D eigenvalue weighted by molar-refractivity contribution is 5.80. The molecule has 2 N–H and O–H groups in total. The average molecular weight is 399 g/mol. The predicted molar refractivity (Wildman–Crippen MR) is 114 cm³/mol. The summed E-state index contributed by atoms with van der Waals surface area (Å²) in [7, 11) is 0. The van der Waals surface area contributed by atoms with Crippen LogP contribution in [0.25, 0.3) is 0 Å². The lowest BCUT2D eigenvalue weighted by molar-refractivity contribution is 0.378. The van der Waals surface area contributed by atoms with Crippen LogP contribution in [0.5, 0.6) is 0 Å². The first-order valence-corrected chi connectivity index (χ1v) is 11.2. The predicted octanol–water partition coefficient (Wildman–Crippen LogP) is 3.42. The second kappa shape index (κ2) is 9.46. The molecule has 7 nitrogen and oxygen atoms in total. The van der Waals surface area contributed by atoms with Gasteiger partial charge in [0.05, 0.1) is 12.8 Å². The van der Waals surface area contributed by atoms with Crippen molar-refractivity contribution in [3.05, 3.63) is 35.8 Å². The molecule has 7 heteroatoms. The SMILES string of the molecule is CC(C)c1nc2n(n1)CC(NC(=NCCc1ccco1)NC1CCCCC1)CC2. The molecular formula is C22H34N6O. The van der Waals surface area contributed by atoms with E-state index in [0.717, 1.165) is 49.2 Å². The third kappa shape index (κ3) is 5.40. The summed E-state index contributed by atoms with van der Waals surface area (Å²) in [6, 6.07) is 4.79. The fourth-order valence-electron chi connectivity index (χ4n) is 4.19. The topological polar surface area (TPSA) is 80.3 Å². The standard InChI is InChI=1S/C22H34N6O/c1-16(2)21-26-20-11-10-18(15-28(20)27-21)25-22(24-17-7-4-3-5-8-17)23-13-12-19-9-6-14-29-19/h6,9,14,16-18H,3-5,7-8,10-13,15H2,1-2H3,(H2,23,24,25). The molecule has 29 heavy (non-hydrogen) atoms. The smallest absolute Gasteiger partial charge is 0.191 e. The fraction of sp³-hybridized carbons (Fsp3) is 0.682. The Balaban J connectivity index is 1.39. The van der Waals surface area contributed by atoms with Gasteiger partial charge < -0.3 is 15.1 Å². The Labute approximate surface area is 173 Å². The van der Waals surface area contributed by atoms with Crippen LogP contribution < -0.4 is 10.6 Å². The third-order valence-electron chi connectivity index (χ3n) is 5.89. The second-order valence-corrected chi connectivity index (χ2v) is 8.64. The minimum Gasteiger partial charge on any atom is -0.469 e. The van der Waals surface area contributed by atoms with Crippen LogP contribution in [0.1, 0.15) is 75.7 Å². The summed E-state index contributed by atoms with van der Waals surface area (Å²) in [5.41, 5.74) is 0. The maximum Gasteiger partial charge on any atom is 0.191 e. The van der Waals surface area contributed by atoms with Crippen molar-refractivity contribution < 1.29 is 4.42 Å². The number of hydrogen-bond donors (Lipinski definition) is 2. The van der Waals surface area contributed by atoms with E-state index in [1.807, 2.05) is 12.1 Å². The number of aliphatic imine (C=N–C) groups is 1. The molecule has 1 saturated carbocycles. The number of rotatable bonds is 6. The quantitative estimate of drug-likeness (QED) is 0.576. The summed E-state index contributed by atoms with van der Waals surface area (Å²) >= 11 is 0. The number of hydrogen-bond acceptors (Lipinski definition) is 4. The molecule has 2 aliphatic rings. The maximum absolute atomic E-state index is 5.45. The Bertz CT molecular complexity index is 788. The van der Waals surface area contributed by atoms with Gasteiger partial charge in [0.1, 0.15) is 11.6 Å². The van der Waals surface area contributed by atoms with E-state index in [1.54, 1.807) is 6.26 Å². The van der Waals surface area contributed by atoms with Gasteiger partial charge in [0.25, 0.3) is 0 Å². The Morgan fingerprint density at radius 3 is 2.79 bits per heavy atom. The molecule has 158 valence electrons. The summed E-state index contributed by atoms with van der Waals surface area (Å²) < 4.78 is 7.53. The van der Waals surface area contributed by atoms with Crippen LogP contribution in [0.3, 0.4) is 0 Å². The zero-order valence-electron chi connectivity index (χ0n) is 17.7. The number of aryl methyl sites for hydroxylation is 1. The number of guanidine groups is 1. The van der Waals surface area contributed by atoms with Crippen molar-refractivity contribution in [2.45, 2.75) is 89.8 Å². The Hall–Kier alpha value is -2.31. The van der Waals surface area contributed by atoms with E-state index in [2.05, 4.69) is 29.2 Å². The molecule has 0 radical (unpaired) electrons. The molecule has 2 aromatic heterocycles. The average Bonchev–Trinajstić information content (AvgIpc) is 3.38. The first kappa shape index (κ1) is 20.0. The lowest BCUT2D eigenvalue weighted by atomic mass is 9.96. The molecule has 1 unspecified atom stereocenters. The van der Waals surface area contributed by atoms with Gasteiger partial charge in [-0.05, 0) is 31.4 Å². The van der Waals surface area contributed by atoms with E-state index in [4.69, 9.17) is 19.5 Å². The van der Waals surface area contributed by atoms with Gasteiger partial charge in [-0.1, -0.05) is 33.1 Å². The molecule has 3 heterocycles. The summed E-state index contributed by atoms with van der Waals surface area (Å²) in [4.78, 5) is 9.57. The van der Waals surface area contributed by atoms with Crippen LogP contribution in [0.15, 0.2) is 27.8 Å². The van der Waals surface area contributed by atoms with Crippen molar-refractivity contribution in [2.24, 2.45) is 4.99 Å². The molecule has 1 fully saturated rings. The molecule has 2 aromatic rings. The zero-order chi connectivity index (χ0) is 20.1. The molecule has 0 saturated heterocycles. The van der Waals surface area contributed by atoms with Gasteiger partial charge in [-0.2, -0.15) is 5.10 Å². The minimum atomic E-state index is 0.322. The lowest BCUT2D eigenvalue weighted by Gasteiger charge is -2.29. The highest BCUT2D eigenvalue weighted by Crippen LogP contribution is 2.19. The van der Waals surface area contributed by atoms with E-state index in [-0.39, 0.29) is 0 Å². The van der Waals surface area contributed by atoms with Crippen molar-refractivity contribution in [3.8, 4) is 0 Å². The van der Waals surface area contributed by atoms with Crippen LogP contribution in [-0.2, 0) is 19.4 Å².